The molecule has 1 aliphatic rings. The van der Waals surface area contributed by atoms with E-state index in [-0.39, 0.29) is 5.91 Å². The summed E-state index contributed by atoms with van der Waals surface area (Å²) in [6, 6.07) is 5.51. The van der Waals surface area contributed by atoms with Crippen LogP contribution in [0, 0.1) is 12.8 Å². The second-order valence-corrected chi connectivity index (χ2v) is 5.28. The largest absolute Gasteiger partial charge is 0.338 e. The third-order valence-corrected chi connectivity index (χ3v) is 3.97. The third kappa shape index (κ3) is 2.68. The molecule has 18 heavy (non-hydrogen) atoms. The lowest BCUT2D eigenvalue weighted by atomic mass is 10.1. The Morgan fingerprint density at radius 2 is 2.33 bits per heavy atom. The van der Waals surface area contributed by atoms with Crippen molar-refractivity contribution in [2.75, 3.05) is 26.7 Å². The molecule has 1 unspecified atom stereocenters. The van der Waals surface area contributed by atoms with E-state index in [0.29, 0.717) is 10.9 Å². The average Bonchev–Trinajstić information content (AvgIpc) is 2.81. The highest BCUT2D eigenvalue weighted by molar-refractivity contribution is 6.31. The number of carbonyl (C=O) groups is 1. The predicted octanol–water partition coefficient (Wildman–Crippen LogP) is 2.33. The minimum Gasteiger partial charge on any atom is -0.338 e. The van der Waals surface area contributed by atoms with Gasteiger partial charge in [-0.3, -0.25) is 4.79 Å². The summed E-state index contributed by atoms with van der Waals surface area (Å²) in [5.41, 5.74) is 1.61. The monoisotopic (exact) mass is 266 g/mol. The van der Waals surface area contributed by atoms with E-state index in [9.17, 15) is 4.79 Å². The summed E-state index contributed by atoms with van der Waals surface area (Å²) in [6.07, 6.45) is 1.08. The molecule has 0 aromatic heterocycles. The zero-order valence-electron chi connectivity index (χ0n) is 10.9. The van der Waals surface area contributed by atoms with E-state index in [4.69, 9.17) is 11.6 Å². The lowest BCUT2D eigenvalue weighted by Crippen LogP contribution is -2.30. The summed E-state index contributed by atoms with van der Waals surface area (Å²) in [5.74, 6) is 0.673. The number of rotatable bonds is 3. The van der Waals surface area contributed by atoms with Gasteiger partial charge in [0, 0.05) is 23.7 Å². The number of nitrogens with one attached hydrogen (secondary N) is 1. The Labute approximate surface area is 113 Å². The average molecular weight is 267 g/mol. The first-order valence-electron chi connectivity index (χ1n) is 6.32. The summed E-state index contributed by atoms with van der Waals surface area (Å²) in [4.78, 5) is 14.3. The molecule has 3 nitrogen and oxygen atoms in total. The number of likely N-dealkylation sites (tertiary alicyclic amines) is 1. The van der Waals surface area contributed by atoms with Gasteiger partial charge >= 0.3 is 0 Å². The van der Waals surface area contributed by atoms with Crippen LogP contribution in [0.1, 0.15) is 22.3 Å². The number of hydrogen-bond donors (Lipinski definition) is 1. The van der Waals surface area contributed by atoms with E-state index >= 15 is 0 Å². The van der Waals surface area contributed by atoms with Crippen LogP contribution in [0.15, 0.2) is 18.2 Å². The molecule has 1 amide bonds. The van der Waals surface area contributed by atoms with Crippen molar-refractivity contribution in [1.82, 2.24) is 10.2 Å². The van der Waals surface area contributed by atoms with Crippen molar-refractivity contribution in [1.29, 1.82) is 0 Å². The smallest absolute Gasteiger partial charge is 0.254 e. The van der Waals surface area contributed by atoms with Crippen LogP contribution in [0.3, 0.4) is 0 Å². The maximum Gasteiger partial charge on any atom is 0.254 e. The normalized spacial score (nSPS) is 19.3. The molecule has 1 saturated heterocycles. The van der Waals surface area contributed by atoms with Crippen molar-refractivity contribution < 1.29 is 4.79 Å². The maximum absolute atomic E-state index is 12.4. The number of halogens is 1. The first-order valence-corrected chi connectivity index (χ1v) is 6.70. The van der Waals surface area contributed by atoms with Gasteiger partial charge in [-0.1, -0.05) is 17.7 Å². The molecule has 0 spiro atoms. The van der Waals surface area contributed by atoms with Gasteiger partial charge in [-0.15, -0.1) is 0 Å². The van der Waals surface area contributed by atoms with Crippen LogP contribution in [-0.4, -0.2) is 37.5 Å². The van der Waals surface area contributed by atoms with Gasteiger partial charge in [-0.2, -0.15) is 0 Å². The summed E-state index contributed by atoms with van der Waals surface area (Å²) < 4.78 is 0. The second-order valence-electron chi connectivity index (χ2n) is 4.88. The van der Waals surface area contributed by atoms with E-state index in [1.807, 2.05) is 37.1 Å². The SMILES string of the molecule is CNCC1CCN(C(=O)c2cccc(Cl)c2C)C1. The number of nitrogens with zero attached hydrogens (tertiary/aromatic N) is 1. The van der Waals surface area contributed by atoms with Crippen molar-refractivity contribution in [3.63, 3.8) is 0 Å². The van der Waals surface area contributed by atoms with E-state index in [1.54, 1.807) is 0 Å². The molecule has 98 valence electrons. The molecule has 0 bridgehead atoms. The highest BCUT2D eigenvalue weighted by atomic mass is 35.5. The Hall–Kier alpha value is -1.06. The van der Waals surface area contributed by atoms with Gasteiger partial charge in [-0.25, -0.2) is 0 Å². The number of hydrogen-bond acceptors (Lipinski definition) is 2. The second kappa shape index (κ2) is 5.72. The van der Waals surface area contributed by atoms with Crippen LogP contribution in [0.25, 0.3) is 0 Å². The Morgan fingerprint density at radius 1 is 1.56 bits per heavy atom. The molecule has 1 aromatic rings. The van der Waals surface area contributed by atoms with Crippen LogP contribution >= 0.6 is 11.6 Å². The topological polar surface area (TPSA) is 32.3 Å². The third-order valence-electron chi connectivity index (χ3n) is 3.56. The van der Waals surface area contributed by atoms with Crippen LogP contribution in [-0.2, 0) is 0 Å². The van der Waals surface area contributed by atoms with Crippen LogP contribution < -0.4 is 5.32 Å². The summed E-state index contributed by atoms with van der Waals surface area (Å²) in [6.45, 7) is 4.55. The molecule has 1 aromatic carbocycles. The van der Waals surface area contributed by atoms with Crippen molar-refractivity contribution in [3.05, 3.63) is 34.3 Å². The lowest BCUT2D eigenvalue weighted by Gasteiger charge is -2.18. The Morgan fingerprint density at radius 3 is 3.06 bits per heavy atom. The van der Waals surface area contributed by atoms with Crippen molar-refractivity contribution in [2.45, 2.75) is 13.3 Å². The van der Waals surface area contributed by atoms with Gasteiger partial charge in [0.2, 0.25) is 0 Å². The maximum atomic E-state index is 12.4. The van der Waals surface area contributed by atoms with Gasteiger partial charge in [0.25, 0.3) is 5.91 Å². The van der Waals surface area contributed by atoms with E-state index in [1.165, 1.54) is 0 Å². The molecule has 2 rings (SSSR count). The van der Waals surface area contributed by atoms with Crippen LogP contribution in [0.2, 0.25) is 5.02 Å². The fourth-order valence-corrected chi connectivity index (χ4v) is 2.66. The van der Waals surface area contributed by atoms with E-state index < -0.39 is 0 Å². The fraction of sp³-hybridized carbons (Fsp3) is 0.500. The molecule has 1 fully saturated rings. The predicted molar refractivity (Wildman–Crippen MR) is 74.1 cm³/mol. The molecule has 1 N–H and O–H groups in total. The molecule has 1 atom stereocenters. The van der Waals surface area contributed by atoms with Crippen molar-refractivity contribution in [2.24, 2.45) is 5.92 Å². The highest BCUT2D eigenvalue weighted by Crippen LogP contribution is 2.23. The van der Waals surface area contributed by atoms with Gasteiger partial charge in [-0.05, 0) is 50.6 Å². The summed E-state index contributed by atoms with van der Waals surface area (Å²) in [7, 11) is 1.95. The molecule has 0 aliphatic carbocycles. The number of amides is 1. The number of benzene rings is 1. The molecule has 4 heteroatoms. The molecular weight excluding hydrogens is 248 g/mol. The Kier molecular flexibility index (Phi) is 4.25. The first kappa shape index (κ1) is 13.4. The van der Waals surface area contributed by atoms with Crippen LogP contribution in [0.4, 0.5) is 0 Å². The standard InChI is InChI=1S/C14H19ClN2O/c1-10-12(4-3-5-13(10)15)14(18)17-7-6-11(9-17)8-16-2/h3-5,11,16H,6-9H2,1-2H3. The van der Waals surface area contributed by atoms with E-state index in [2.05, 4.69) is 5.32 Å². The van der Waals surface area contributed by atoms with Crippen molar-refractivity contribution >= 4 is 17.5 Å². The first-order chi connectivity index (χ1) is 8.63. The quantitative estimate of drug-likeness (QED) is 0.911. The number of carbonyl (C=O) groups excluding carboxylic acids is 1. The lowest BCUT2D eigenvalue weighted by molar-refractivity contribution is 0.0786. The minimum atomic E-state index is 0.105. The molecular formula is C14H19ClN2O. The minimum absolute atomic E-state index is 0.105. The zero-order chi connectivity index (χ0) is 13.1. The fourth-order valence-electron chi connectivity index (χ4n) is 2.48. The van der Waals surface area contributed by atoms with E-state index in [0.717, 1.165) is 37.2 Å². The molecule has 1 aliphatic heterocycles. The molecule has 0 saturated carbocycles. The molecule has 1 heterocycles. The van der Waals surface area contributed by atoms with Crippen LogP contribution in [0.5, 0.6) is 0 Å². The van der Waals surface area contributed by atoms with Gasteiger partial charge in [0.05, 0.1) is 0 Å². The van der Waals surface area contributed by atoms with Crippen molar-refractivity contribution in [3.8, 4) is 0 Å². The molecule has 0 radical (unpaired) electrons. The van der Waals surface area contributed by atoms with Gasteiger partial charge < -0.3 is 10.2 Å². The Bertz CT molecular complexity index is 447. The Balaban J connectivity index is 2.11. The van der Waals surface area contributed by atoms with Gasteiger partial charge in [0.1, 0.15) is 0 Å². The highest BCUT2D eigenvalue weighted by Gasteiger charge is 2.27. The zero-order valence-corrected chi connectivity index (χ0v) is 11.6. The summed E-state index contributed by atoms with van der Waals surface area (Å²) >= 11 is 6.06. The summed E-state index contributed by atoms with van der Waals surface area (Å²) in [5, 5.41) is 3.83. The van der Waals surface area contributed by atoms with Gasteiger partial charge in [0.15, 0.2) is 0 Å².